The Labute approximate surface area is 243 Å². The Kier molecular flexibility index (Phi) is 8.77. The molecule has 220 valence electrons. The highest BCUT2D eigenvalue weighted by molar-refractivity contribution is 7.13. The van der Waals surface area contributed by atoms with Crippen LogP contribution in [0.25, 0.3) is 10.4 Å². The van der Waals surface area contributed by atoms with Gasteiger partial charge in [-0.05, 0) is 54.8 Å². The van der Waals surface area contributed by atoms with E-state index in [1.54, 1.807) is 17.4 Å². The smallest absolute Gasteiger partial charge is 0.254 e. The van der Waals surface area contributed by atoms with E-state index in [0.29, 0.717) is 11.6 Å². The van der Waals surface area contributed by atoms with Crippen molar-refractivity contribution in [3.63, 3.8) is 0 Å². The number of carbonyl (C=O) groups is 2. The van der Waals surface area contributed by atoms with Crippen molar-refractivity contribution >= 4 is 23.2 Å². The molecule has 0 unspecified atom stereocenters. The number of hydrogen-bond donors (Lipinski definition) is 3. The van der Waals surface area contributed by atoms with Gasteiger partial charge in [-0.3, -0.25) is 9.59 Å². The van der Waals surface area contributed by atoms with Crippen LogP contribution in [0.5, 0.6) is 5.88 Å². The average Bonchev–Trinajstić information content (AvgIpc) is 3.66. The van der Waals surface area contributed by atoms with Crippen molar-refractivity contribution in [2.45, 2.75) is 77.2 Å². The Bertz CT molecular complexity index is 1350. The van der Waals surface area contributed by atoms with Gasteiger partial charge in [-0.15, -0.1) is 11.3 Å². The second-order valence-corrected chi connectivity index (χ2v) is 12.4. The number of aromatic nitrogens is 2. The average molecular weight is 583 g/mol. The Morgan fingerprint density at radius 2 is 1.93 bits per heavy atom. The molecule has 41 heavy (non-hydrogen) atoms. The van der Waals surface area contributed by atoms with Crippen LogP contribution < -0.4 is 10.1 Å². The standard InChI is InChI=1S/C30H38N4O6S/c1-16(2)27(25-12-26(33-40-25)39-23-9-19(10-23)14-35)30(38)34-13-22(36)11-24(34)29(37)32-17(3)20-5-7-21(8-6-20)28-18(4)31-15-41-28/h5-8,12,15-17,19,22-24,27,35-36H,9-11,13-14H2,1-4H3,(H,32,37)/t17-,19?,22+,23?,24-,27+/m0/s1. The fourth-order valence-corrected chi connectivity index (χ4v) is 6.49. The van der Waals surface area contributed by atoms with Gasteiger partial charge < -0.3 is 29.7 Å². The molecule has 0 spiro atoms. The number of ether oxygens (including phenoxy) is 1. The first-order valence-electron chi connectivity index (χ1n) is 14.2. The number of carbonyl (C=O) groups excluding carboxylic acids is 2. The monoisotopic (exact) mass is 582 g/mol. The van der Waals surface area contributed by atoms with Gasteiger partial charge in [0.25, 0.3) is 5.88 Å². The number of β-amino-alcohol motifs (C(OH)–C–C–N with tert-alkyl or cyclic N) is 1. The highest BCUT2D eigenvalue weighted by Crippen LogP contribution is 2.35. The number of aliphatic hydroxyl groups excluding tert-OH is 2. The summed E-state index contributed by atoms with van der Waals surface area (Å²) in [6, 6.07) is 8.55. The summed E-state index contributed by atoms with van der Waals surface area (Å²) in [6.45, 7) is 7.91. The number of rotatable bonds is 10. The molecule has 1 aliphatic heterocycles. The van der Waals surface area contributed by atoms with Crippen molar-refractivity contribution in [2.24, 2.45) is 11.8 Å². The summed E-state index contributed by atoms with van der Waals surface area (Å²) in [7, 11) is 0. The summed E-state index contributed by atoms with van der Waals surface area (Å²) in [5.74, 6) is -0.517. The molecule has 10 nitrogen and oxygen atoms in total. The van der Waals surface area contributed by atoms with Crippen LogP contribution in [0.2, 0.25) is 0 Å². The lowest BCUT2D eigenvalue weighted by atomic mass is 9.83. The number of nitrogens with zero attached hydrogens (tertiary/aromatic N) is 3. The maximum atomic E-state index is 13.8. The highest BCUT2D eigenvalue weighted by atomic mass is 32.1. The van der Waals surface area contributed by atoms with E-state index in [1.165, 1.54) is 4.90 Å². The zero-order valence-corrected chi connectivity index (χ0v) is 24.6. The molecule has 2 amide bonds. The predicted molar refractivity (Wildman–Crippen MR) is 153 cm³/mol. The molecule has 3 heterocycles. The lowest BCUT2D eigenvalue weighted by molar-refractivity contribution is -0.141. The van der Waals surface area contributed by atoms with E-state index < -0.39 is 18.1 Å². The van der Waals surface area contributed by atoms with E-state index in [4.69, 9.17) is 9.26 Å². The lowest BCUT2D eigenvalue weighted by Gasteiger charge is -2.33. The molecule has 3 N–H and O–H groups in total. The van der Waals surface area contributed by atoms with Gasteiger partial charge in [-0.25, -0.2) is 4.98 Å². The third kappa shape index (κ3) is 6.32. The minimum absolute atomic E-state index is 0.0323. The number of likely N-dealkylation sites (tertiary alicyclic amines) is 1. The van der Waals surface area contributed by atoms with Gasteiger partial charge in [0.15, 0.2) is 5.76 Å². The second-order valence-electron chi connectivity index (χ2n) is 11.6. The molecule has 2 aliphatic rings. The summed E-state index contributed by atoms with van der Waals surface area (Å²) in [6.07, 6.45) is 0.836. The Hall–Kier alpha value is -3.28. The Morgan fingerprint density at radius 1 is 1.20 bits per heavy atom. The molecule has 5 rings (SSSR count). The van der Waals surface area contributed by atoms with E-state index in [2.05, 4.69) is 15.5 Å². The van der Waals surface area contributed by atoms with Crippen molar-refractivity contribution in [1.82, 2.24) is 20.4 Å². The number of thiazole rings is 1. The van der Waals surface area contributed by atoms with Crippen molar-refractivity contribution < 1.29 is 29.1 Å². The molecule has 1 saturated heterocycles. The van der Waals surface area contributed by atoms with Crippen molar-refractivity contribution in [2.75, 3.05) is 13.2 Å². The summed E-state index contributed by atoms with van der Waals surface area (Å²) in [5, 5.41) is 26.8. The first kappa shape index (κ1) is 29.2. The zero-order valence-electron chi connectivity index (χ0n) is 23.8. The van der Waals surface area contributed by atoms with Crippen LogP contribution in [0.4, 0.5) is 0 Å². The van der Waals surface area contributed by atoms with Gasteiger partial charge in [-0.1, -0.05) is 38.1 Å². The summed E-state index contributed by atoms with van der Waals surface area (Å²) in [5.41, 5.74) is 4.82. The predicted octanol–water partition coefficient (Wildman–Crippen LogP) is 3.84. The summed E-state index contributed by atoms with van der Waals surface area (Å²) < 4.78 is 11.4. The van der Waals surface area contributed by atoms with Crippen molar-refractivity contribution in [3.8, 4) is 16.3 Å². The molecule has 0 bridgehead atoms. The Balaban J connectivity index is 1.25. The van der Waals surface area contributed by atoms with Crippen LogP contribution in [0.1, 0.15) is 69.0 Å². The summed E-state index contributed by atoms with van der Waals surface area (Å²) >= 11 is 1.59. The SMILES string of the molecule is Cc1ncsc1-c1ccc([C@H](C)NC(=O)[C@@H]2C[C@@H](O)CN2C(=O)[C@@H](c2cc(OC3CC(CO)C3)no2)C(C)C)cc1. The number of amides is 2. The first-order valence-corrected chi connectivity index (χ1v) is 15.1. The molecule has 2 fully saturated rings. The largest absolute Gasteiger partial charge is 0.472 e. The van der Waals surface area contributed by atoms with Crippen LogP contribution in [0.15, 0.2) is 40.4 Å². The third-order valence-corrected chi connectivity index (χ3v) is 9.10. The van der Waals surface area contributed by atoms with E-state index >= 15 is 0 Å². The second kappa shape index (κ2) is 12.3. The summed E-state index contributed by atoms with van der Waals surface area (Å²) in [4.78, 5) is 34.2. The molecule has 1 aliphatic carbocycles. The molecule has 1 saturated carbocycles. The molecule has 0 radical (unpaired) electrons. The number of nitrogens with one attached hydrogen (secondary N) is 1. The molecule has 2 aromatic heterocycles. The van der Waals surface area contributed by atoms with Gasteiger partial charge in [0.2, 0.25) is 11.8 Å². The molecular formula is C30H38N4O6S. The number of hydrogen-bond acceptors (Lipinski definition) is 9. The van der Waals surface area contributed by atoms with Crippen molar-refractivity contribution in [1.29, 1.82) is 0 Å². The van der Waals surface area contributed by atoms with E-state index in [1.807, 2.05) is 57.5 Å². The van der Waals surface area contributed by atoms with Gasteiger partial charge in [0, 0.05) is 25.6 Å². The van der Waals surface area contributed by atoms with Gasteiger partial charge in [0.1, 0.15) is 18.1 Å². The molecule has 1 aromatic carbocycles. The lowest BCUT2D eigenvalue weighted by Crippen LogP contribution is -2.48. The molecular weight excluding hydrogens is 544 g/mol. The fourth-order valence-electron chi connectivity index (χ4n) is 5.68. The van der Waals surface area contributed by atoms with E-state index in [-0.39, 0.29) is 55.4 Å². The number of aliphatic hydroxyl groups is 2. The molecule has 4 atom stereocenters. The minimum Gasteiger partial charge on any atom is -0.472 e. The number of benzene rings is 1. The highest BCUT2D eigenvalue weighted by Gasteiger charge is 2.43. The maximum absolute atomic E-state index is 13.8. The first-order chi connectivity index (χ1) is 19.6. The van der Waals surface area contributed by atoms with Crippen LogP contribution in [0.3, 0.4) is 0 Å². The normalized spacial score (nSPS) is 23.7. The molecule has 11 heteroatoms. The van der Waals surface area contributed by atoms with Crippen molar-refractivity contribution in [3.05, 3.63) is 52.9 Å². The Morgan fingerprint density at radius 3 is 2.56 bits per heavy atom. The quantitative estimate of drug-likeness (QED) is 0.328. The fraction of sp³-hybridized carbons (Fsp3) is 0.533. The van der Waals surface area contributed by atoms with Crippen LogP contribution in [-0.2, 0) is 9.59 Å². The van der Waals surface area contributed by atoms with E-state index in [9.17, 15) is 19.8 Å². The number of aryl methyl sites for hydroxylation is 1. The van der Waals surface area contributed by atoms with Gasteiger partial charge in [0.05, 0.1) is 28.2 Å². The zero-order chi connectivity index (χ0) is 29.3. The van der Waals surface area contributed by atoms with Crippen LogP contribution in [-0.4, -0.2) is 68.5 Å². The topological polar surface area (TPSA) is 138 Å². The third-order valence-electron chi connectivity index (χ3n) is 8.13. The van der Waals surface area contributed by atoms with Crippen LogP contribution in [0, 0.1) is 18.8 Å². The maximum Gasteiger partial charge on any atom is 0.254 e. The van der Waals surface area contributed by atoms with Gasteiger partial charge >= 0.3 is 0 Å². The molecule has 3 aromatic rings. The van der Waals surface area contributed by atoms with E-state index in [0.717, 1.165) is 34.5 Å². The van der Waals surface area contributed by atoms with Crippen LogP contribution >= 0.6 is 11.3 Å². The minimum atomic E-state index is -0.802. The van der Waals surface area contributed by atoms with Gasteiger partial charge in [-0.2, -0.15) is 0 Å².